The second kappa shape index (κ2) is 8.38. The number of hydrogen-bond donors (Lipinski definition) is 2. The zero-order valence-electron chi connectivity index (χ0n) is 16.8. The molecule has 0 radical (unpaired) electrons. The van der Waals surface area contributed by atoms with Crippen molar-refractivity contribution < 1.29 is 9.18 Å². The molecule has 4 aromatic heterocycles. The third kappa shape index (κ3) is 3.77. The average molecular weight is 482 g/mol. The van der Waals surface area contributed by atoms with Gasteiger partial charge in [0, 0.05) is 5.39 Å². The molecule has 10 heteroatoms. The Hall–Kier alpha value is -3.21. The van der Waals surface area contributed by atoms with E-state index in [-0.39, 0.29) is 11.7 Å². The average Bonchev–Trinajstić information content (AvgIpc) is 3.54. The summed E-state index contributed by atoms with van der Waals surface area (Å²) < 4.78 is 13.5. The predicted molar refractivity (Wildman–Crippen MR) is 130 cm³/mol. The van der Waals surface area contributed by atoms with E-state index in [1.165, 1.54) is 34.8 Å². The molecule has 0 bridgehead atoms. The number of thiophene rings is 2. The molecule has 0 aliphatic rings. The van der Waals surface area contributed by atoms with Gasteiger partial charge in [0.15, 0.2) is 0 Å². The Balaban J connectivity index is 1.64. The first kappa shape index (κ1) is 20.7. The van der Waals surface area contributed by atoms with E-state index in [2.05, 4.69) is 15.5 Å². The zero-order valence-corrected chi connectivity index (χ0v) is 19.2. The Bertz CT molecular complexity index is 1420. The molecule has 1 amide bonds. The first-order chi connectivity index (χ1) is 15.5. The van der Waals surface area contributed by atoms with Crippen LogP contribution in [0.4, 0.5) is 15.2 Å². The van der Waals surface area contributed by atoms with Crippen LogP contribution < -0.4 is 11.1 Å². The number of amides is 1. The van der Waals surface area contributed by atoms with Crippen LogP contribution in [0.15, 0.2) is 47.8 Å². The lowest BCUT2D eigenvalue weighted by molar-refractivity contribution is 0.103. The highest BCUT2D eigenvalue weighted by molar-refractivity contribution is 7.21. The topological polar surface area (TPSA) is 93.8 Å². The zero-order chi connectivity index (χ0) is 22.2. The number of carbonyl (C=O) groups excluding carboxylic acids is 1. The maximum atomic E-state index is 13.5. The van der Waals surface area contributed by atoms with Crippen molar-refractivity contribution in [3.8, 4) is 21.7 Å². The lowest BCUT2D eigenvalue weighted by Crippen LogP contribution is -2.11. The molecule has 4 heterocycles. The number of halogens is 1. The van der Waals surface area contributed by atoms with Crippen LogP contribution in [0.1, 0.15) is 21.6 Å². The normalized spacial score (nSPS) is 11.2. The maximum Gasteiger partial charge on any atom is 0.269 e. The quantitative estimate of drug-likeness (QED) is 0.317. The largest absolute Gasteiger partial charge is 0.397 e. The van der Waals surface area contributed by atoms with Crippen LogP contribution >= 0.6 is 34.0 Å². The summed E-state index contributed by atoms with van der Waals surface area (Å²) in [7, 11) is 0. The highest BCUT2D eigenvalue weighted by atomic mass is 32.1. The molecule has 1 aromatic carbocycles. The number of rotatable bonds is 5. The summed E-state index contributed by atoms with van der Waals surface area (Å²) in [6, 6.07) is 12.1. The van der Waals surface area contributed by atoms with Crippen molar-refractivity contribution >= 4 is 61.0 Å². The van der Waals surface area contributed by atoms with Crippen LogP contribution in [0.2, 0.25) is 0 Å². The fraction of sp³-hybridized carbons (Fsp3) is 0.0909. The van der Waals surface area contributed by atoms with Crippen LogP contribution in [0, 0.1) is 5.82 Å². The molecule has 32 heavy (non-hydrogen) atoms. The van der Waals surface area contributed by atoms with Gasteiger partial charge in [0.2, 0.25) is 5.13 Å². The van der Waals surface area contributed by atoms with E-state index in [1.54, 1.807) is 23.5 Å². The summed E-state index contributed by atoms with van der Waals surface area (Å²) >= 11 is 4.13. The lowest BCUT2D eigenvalue weighted by atomic mass is 10.0. The standard InChI is InChI=1S/C22H16FN5OS3/c1-2-16-27-28-22(31-16)26-20(29)19-18(24)17-13(11-5-7-12(23)8-6-11)10-14(25-21(17)32-19)15-4-3-9-30-15/h3-10H,2,24H2,1H3,(H,26,28,29). The van der Waals surface area contributed by atoms with Crippen molar-refractivity contribution in [1.82, 2.24) is 15.2 Å². The van der Waals surface area contributed by atoms with E-state index >= 15 is 0 Å². The number of fused-ring (bicyclic) bond motifs is 1. The van der Waals surface area contributed by atoms with E-state index in [1.807, 2.05) is 30.5 Å². The van der Waals surface area contributed by atoms with Crippen molar-refractivity contribution in [1.29, 1.82) is 0 Å². The smallest absolute Gasteiger partial charge is 0.269 e. The molecule has 0 spiro atoms. The Morgan fingerprint density at radius 2 is 1.97 bits per heavy atom. The van der Waals surface area contributed by atoms with Crippen molar-refractivity contribution in [2.24, 2.45) is 0 Å². The maximum absolute atomic E-state index is 13.5. The molecule has 160 valence electrons. The van der Waals surface area contributed by atoms with Crippen LogP contribution in [-0.2, 0) is 6.42 Å². The van der Waals surface area contributed by atoms with E-state index < -0.39 is 0 Å². The highest BCUT2D eigenvalue weighted by Gasteiger charge is 2.22. The van der Waals surface area contributed by atoms with Gasteiger partial charge in [0.1, 0.15) is 20.5 Å². The SMILES string of the molecule is CCc1nnc(NC(=O)c2sc3nc(-c4cccs4)cc(-c4ccc(F)cc4)c3c2N)s1. The Kier molecular flexibility index (Phi) is 5.41. The summed E-state index contributed by atoms with van der Waals surface area (Å²) in [6.45, 7) is 1.98. The second-order valence-corrected chi connectivity index (χ2v) is 9.88. The minimum atomic E-state index is -0.355. The monoisotopic (exact) mass is 481 g/mol. The number of nitrogens with one attached hydrogen (secondary N) is 1. The molecular formula is C22H16FN5OS3. The fourth-order valence-corrected chi connectivity index (χ4v) is 5.67. The number of hydrogen-bond acceptors (Lipinski definition) is 8. The van der Waals surface area contributed by atoms with Crippen molar-refractivity contribution in [3.63, 3.8) is 0 Å². The number of aryl methyl sites for hydroxylation is 1. The first-order valence-corrected chi connectivity index (χ1v) is 12.2. The van der Waals surface area contributed by atoms with Gasteiger partial charge in [0.25, 0.3) is 5.91 Å². The minimum Gasteiger partial charge on any atom is -0.397 e. The van der Waals surface area contributed by atoms with Gasteiger partial charge in [-0.1, -0.05) is 36.5 Å². The molecule has 6 nitrogen and oxygen atoms in total. The van der Waals surface area contributed by atoms with Gasteiger partial charge in [-0.2, -0.15) is 0 Å². The second-order valence-electron chi connectivity index (χ2n) is 6.87. The van der Waals surface area contributed by atoms with Gasteiger partial charge >= 0.3 is 0 Å². The number of nitrogens with two attached hydrogens (primary N) is 1. The number of anilines is 2. The molecule has 0 saturated heterocycles. The van der Waals surface area contributed by atoms with Crippen molar-refractivity contribution in [3.05, 3.63) is 63.5 Å². The number of nitrogens with zero attached hydrogens (tertiary/aromatic N) is 3. The molecule has 5 rings (SSSR count). The van der Waals surface area contributed by atoms with Gasteiger partial charge in [-0.25, -0.2) is 9.37 Å². The summed E-state index contributed by atoms with van der Waals surface area (Å²) in [5.41, 5.74) is 9.18. The molecule has 5 aromatic rings. The van der Waals surface area contributed by atoms with Crippen LogP contribution in [0.3, 0.4) is 0 Å². The summed E-state index contributed by atoms with van der Waals surface area (Å²) in [6.07, 6.45) is 0.745. The number of nitrogen functional groups attached to an aromatic ring is 1. The van der Waals surface area contributed by atoms with Crippen molar-refractivity contribution in [2.75, 3.05) is 11.1 Å². The molecule has 0 saturated carbocycles. The van der Waals surface area contributed by atoms with E-state index in [4.69, 9.17) is 10.7 Å². The first-order valence-electron chi connectivity index (χ1n) is 9.70. The lowest BCUT2D eigenvalue weighted by Gasteiger charge is -2.08. The molecule has 0 unspecified atom stereocenters. The molecule has 0 atom stereocenters. The Morgan fingerprint density at radius 1 is 1.16 bits per heavy atom. The molecule has 0 aliphatic heterocycles. The number of aromatic nitrogens is 3. The highest BCUT2D eigenvalue weighted by Crippen LogP contribution is 2.42. The van der Waals surface area contributed by atoms with Gasteiger partial charge in [0.05, 0.1) is 16.3 Å². The Labute approximate surface area is 194 Å². The Morgan fingerprint density at radius 3 is 2.66 bits per heavy atom. The van der Waals surface area contributed by atoms with Crippen LogP contribution in [0.25, 0.3) is 31.9 Å². The molecule has 0 fully saturated rings. The van der Waals surface area contributed by atoms with E-state index in [0.29, 0.717) is 25.9 Å². The van der Waals surface area contributed by atoms with Crippen LogP contribution in [-0.4, -0.2) is 21.1 Å². The summed E-state index contributed by atoms with van der Waals surface area (Å²) in [5.74, 6) is -0.675. The van der Waals surface area contributed by atoms with Crippen molar-refractivity contribution in [2.45, 2.75) is 13.3 Å². The summed E-state index contributed by atoms with van der Waals surface area (Å²) in [5, 5.41) is 14.7. The molecular weight excluding hydrogens is 465 g/mol. The van der Waals surface area contributed by atoms with E-state index in [0.717, 1.165) is 33.1 Å². The number of pyridine rings is 1. The van der Waals surface area contributed by atoms with Gasteiger partial charge in [-0.3, -0.25) is 10.1 Å². The van der Waals surface area contributed by atoms with E-state index in [9.17, 15) is 9.18 Å². The van der Waals surface area contributed by atoms with Gasteiger partial charge in [-0.05, 0) is 47.2 Å². The molecule has 0 aliphatic carbocycles. The van der Waals surface area contributed by atoms with Crippen LogP contribution in [0.5, 0.6) is 0 Å². The molecule has 3 N–H and O–H groups in total. The third-order valence-electron chi connectivity index (χ3n) is 4.82. The van der Waals surface area contributed by atoms with Gasteiger partial charge in [-0.15, -0.1) is 32.9 Å². The van der Waals surface area contributed by atoms with Gasteiger partial charge < -0.3 is 5.73 Å². The predicted octanol–water partition coefficient (Wildman–Crippen LogP) is 6.08. The minimum absolute atomic E-state index is 0.320. The number of benzene rings is 1. The fourth-order valence-electron chi connectivity index (χ4n) is 3.30. The number of carbonyl (C=O) groups is 1. The third-order valence-corrected chi connectivity index (χ3v) is 7.80. The summed E-state index contributed by atoms with van der Waals surface area (Å²) in [4.78, 5) is 19.8.